The molecule has 0 atom stereocenters. The molecule has 5 heavy (non-hydrogen) atoms. The largest absolute Gasteiger partial charge is 2.00 e. The molecule has 0 aliphatic heterocycles. The third-order valence-corrected chi connectivity index (χ3v) is 0. The van der Waals surface area contributed by atoms with E-state index in [1.807, 2.05) is 0 Å². The van der Waals surface area contributed by atoms with Gasteiger partial charge in [-0.05, 0) is 0 Å². The van der Waals surface area contributed by atoms with Gasteiger partial charge in [0.2, 0.25) is 0 Å². The van der Waals surface area contributed by atoms with Crippen LogP contribution < -0.4 is 0 Å². The number of hydrogen-bond acceptors (Lipinski definition) is 0. The zero-order chi connectivity index (χ0) is 0. The van der Waals surface area contributed by atoms with E-state index in [2.05, 4.69) is 0 Å². The summed E-state index contributed by atoms with van der Waals surface area (Å²) in [5, 5.41) is 0. The van der Waals surface area contributed by atoms with Gasteiger partial charge in [0.15, 0.2) is 0 Å². The van der Waals surface area contributed by atoms with Gasteiger partial charge in [0, 0.05) is 17.1 Å². The van der Waals surface area contributed by atoms with Crippen molar-refractivity contribution in [2.45, 2.75) is 0 Å². The van der Waals surface area contributed by atoms with Crippen LogP contribution in [0.5, 0.6) is 0 Å². The third-order valence-electron chi connectivity index (χ3n) is 0. The van der Waals surface area contributed by atoms with Crippen molar-refractivity contribution in [3.63, 3.8) is 0 Å². The molecule has 0 N–H and O–H groups in total. The molecule has 0 saturated heterocycles. The fraction of sp³-hybridized carbons (Fsp3) is 0. The van der Waals surface area contributed by atoms with E-state index >= 15 is 0 Å². The molecule has 0 amide bonds. The molecule has 0 aliphatic rings. The van der Waals surface area contributed by atoms with Crippen LogP contribution in [0.15, 0.2) is 0 Å². The summed E-state index contributed by atoms with van der Waals surface area (Å²) in [6.45, 7) is 0. The third kappa shape index (κ3) is 18.4. The molecule has 0 nitrogen and oxygen atoms in total. The Morgan fingerprint density at radius 2 is 1.20 bits per heavy atom. The van der Waals surface area contributed by atoms with Crippen LogP contribution in [0.2, 0.25) is 0 Å². The van der Waals surface area contributed by atoms with E-state index in [9.17, 15) is 0 Å². The topological polar surface area (TPSA) is 0 Å². The molecule has 5 heteroatoms. The van der Waals surface area contributed by atoms with Gasteiger partial charge >= 0.3 is 75.1 Å². The van der Waals surface area contributed by atoms with Crippen LogP contribution in [-0.4, -0.2) is 92.5 Å². The SMILES string of the molecule is [AlH2].[BiH3].[Fe].[H-].[H-].[InH3].[Mg+2]. The molecule has 1 radical (unpaired) electrons. The molecule has 31 valence electrons. The maximum absolute atomic E-state index is 0. The average molecular weight is 441 g/mol. The van der Waals surface area contributed by atoms with Gasteiger partial charge < -0.3 is 2.85 Å². The van der Waals surface area contributed by atoms with E-state index in [-0.39, 0.29) is 112 Å². The van der Waals surface area contributed by atoms with Crippen molar-refractivity contribution in [3.05, 3.63) is 0 Å². The second kappa shape index (κ2) is 25.6. The van der Waals surface area contributed by atoms with E-state index in [0.29, 0.717) is 0 Å². The van der Waals surface area contributed by atoms with Crippen molar-refractivity contribution in [1.29, 1.82) is 0 Å². The van der Waals surface area contributed by atoms with Crippen molar-refractivity contribution in [1.82, 2.24) is 0 Å². The molecule has 0 aromatic carbocycles. The molecule has 0 heterocycles. The monoisotopic (exact) mass is 441 g/mol. The minimum Gasteiger partial charge on any atom is 2.00 e. The Bertz CT molecular complexity index is 17.7. The van der Waals surface area contributed by atoms with Crippen LogP contribution in [-0.2, 0) is 17.1 Å². The van der Waals surface area contributed by atoms with Gasteiger partial charge in [-0.2, -0.15) is 0 Å². The van der Waals surface area contributed by atoms with Crippen LogP contribution in [0.25, 0.3) is 0 Å². The fourth-order valence-electron chi connectivity index (χ4n) is 0. The summed E-state index contributed by atoms with van der Waals surface area (Å²) in [6.07, 6.45) is 0. The first-order chi connectivity index (χ1) is 0. The van der Waals surface area contributed by atoms with E-state index in [0.717, 1.165) is 0 Å². The summed E-state index contributed by atoms with van der Waals surface area (Å²) in [5.41, 5.74) is 0. The van der Waals surface area contributed by atoms with Crippen LogP contribution in [0, 0.1) is 0 Å². The normalized spacial score (nSPS) is 0. The summed E-state index contributed by atoms with van der Waals surface area (Å²) in [4.78, 5) is 0. The van der Waals surface area contributed by atoms with Gasteiger partial charge in [-0.15, -0.1) is 0 Å². The second-order valence-electron chi connectivity index (χ2n) is 0. The molecule has 0 fully saturated rings. The maximum Gasteiger partial charge on any atom is 2.00 e. The summed E-state index contributed by atoms with van der Waals surface area (Å²) < 4.78 is 0. The molecule has 0 aromatic heterocycles. The van der Waals surface area contributed by atoms with Crippen molar-refractivity contribution in [2.24, 2.45) is 0 Å². The smallest absolute Gasteiger partial charge is 2.00 e. The van der Waals surface area contributed by atoms with Crippen molar-refractivity contribution >= 4 is 92.5 Å². The molecule has 0 spiro atoms. The molecule has 0 aromatic rings. The molecule has 0 saturated carbocycles. The first-order valence-corrected chi connectivity index (χ1v) is 0. The Kier molecular flexibility index (Phi) is 198. The first kappa shape index (κ1) is 38.5. The van der Waals surface area contributed by atoms with E-state index in [4.69, 9.17) is 0 Å². The van der Waals surface area contributed by atoms with Crippen molar-refractivity contribution < 1.29 is 19.9 Å². The van der Waals surface area contributed by atoms with Crippen molar-refractivity contribution in [2.75, 3.05) is 0 Å². The summed E-state index contributed by atoms with van der Waals surface area (Å²) >= 11 is 0. The van der Waals surface area contributed by atoms with Gasteiger partial charge in [-0.1, -0.05) is 0 Å². The summed E-state index contributed by atoms with van der Waals surface area (Å²) in [6, 6.07) is 0. The van der Waals surface area contributed by atoms with E-state index in [1.54, 1.807) is 0 Å². The predicted octanol–water partition coefficient (Wildman–Crippen LogP) is -3.44. The van der Waals surface area contributed by atoms with Gasteiger partial charge in [0.25, 0.3) is 0 Å². The Hall–Kier alpha value is 3.57. The molecule has 0 bridgehead atoms. The molecule has 0 rings (SSSR count). The Balaban J connectivity index is 0. The van der Waals surface area contributed by atoms with E-state index in [1.165, 1.54) is 0 Å². The summed E-state index contributed by atoms with van der Waals surface area (Å²) in [7, 11) is 0. The average Bonchev–Trinajstić information content (AvgIpc) is 0. The van der Waals surface area contributed by atoms with Gasteiger partial charge in [-0.25, -0.2) is 0 Å². The zero-order valence-corrected chi connectivity index (χ0v) is 12.8. The standard InChI is InChI=1S/Al.Bi.Fe.In.Mg.10H/q;;;;+2;;;;;;;;;2*-1. The zero-order valence-electron chi connectivity index (χ0n) is 4.77. The minimum absolute atomic E-state index is 0. The Morgan fingerprint density at radius 3 is 1.20 bits per heavy atom. The van der Waals surface area contributed by atoms with Crippen LogP contribution in [0.1, 0.15) is 2.85 Å². The van der Waals surface area contributed by atoms with Gasteiger partial charge in [-0.3, -0.25) is 0 Å². The molecular formula is H10AlBiFeInMg. The quantitative estimate of drug-likeness (QED) is 0.344. The maximum atomic E-state index is 0. The van der Waals surface area contributed by atoms with Crippen LogP contribution >= 0.6 is 0 Å². The minimum atomic E-state index is 0. The summed E-state index contributed by atoms with van der Waals surface area (Å²) in [5.74, 6) is 0. The van der Waals surface area contributed by atoms with Crippen LogP contribution in [0.4, 0.5) is 0 Å². The molecule has 0 unspecified atom stereocenters. The Labute approximate surface area is 110 Å². The van der Waals surface area contributed by atoms with Gasteiger partial charge in [0.1, 0.15) is 17.4 Å². The van der Waals surface area contributed by atoms with Crippen LogP contribution in [0.3, 0.4) is 0 Å². The number of hydrogen-bond donors (Lipinski definition) is 0. The van der Waals surface area contributed by atoms with Crippen molar-refractivity contribution in [3.8, 4) is 0 Å². The first-order valence-electron chi connectivity index (χ1n) is 0. The predicted molar refractivity (Wildman–Crippen MR) is 36.4 cm³/mol. The fourth-order valence-corrected chi connectivity index (χ4v) is 0. The molecule has 0 aliphatic carbocycles. The van der Waals surface area contributed by atoms with Gasteiger partial charge in [0.05, 0.1) is 0 Å². The number of rotatable bonds is 0. The molecular weight excluding hydrogens is 431 g/mol. The van der Waals surface area contributed by atoms with E-state index < -0.39 is 0 Å². The second-order valence-corrected chi connectivity index (χ2v) is 0. The Morgan fingerprint density at radius 1 is 1.20 bits per heavy atom.